The Labute approximate surface area is 119 Å². The second-order valence-corrected chi connectivity index (χ2v) is 7.25. The highest BCUT2D eigenvalue weighted by Crippen LogP contribution is 2.32. The summed E-state index contributed by atoms with van der Waals surface area (Å²) in [5, 5.41) is 18.9. The van der Waals surface area contributed by atoms with E-state index in [4.69, 9.17) is 5.26 Å². The van der Waals surface area contributed by atoms with E-state index in [0.717, 1.165) is 6.42 Å². The minimum atomic E-state index is -3.58. The fourth-order valence-corrected chi connectivity index (χ4v) is 4.36. The molecule has 1 aromatic carbocycles. The number of hydrogen-bond acceptors (Lipinski definition) is 4. The minimum Gasteiger partial charge on any atom is -0.387 e. The number of β-amino-alcohol motifs (C(OH)–C–C–N with tert-alkyl or cyclic N) is 1. The van der Waals surface area contributed by atoms with Crippen molar-refractivity contribution in [3.05, 3.63) is 29.3 Å². The SMILES string of the molecule is CCCC1(O)CN(S(=O)(=O)c2ccc(C#N)cc2C)C1. The summed E-state index contributed by atoms with van der Waals surface area (Å²) in [4.78, 5) is 0.204. The van der Waals surface area contributed by atoms with E-state index < -0.39 is 15.6 Å². The van der Waals surface area contributed by atoms with Gasteiger partial charge in [-0.05, 0) is 37.1 Å². The van der Waals surface area contributed by atoms with Crippen LogP contribution in [0.5, 0.6) is 0 Å². The lowest BCUT2D eigenvalue weighted by molar-refractivity contribution is -0.0653. The molecule has 1 aliphatic heterocycles. The highest BCUT2D eigenvalue weighted by molar-refractivity contribution is 7.89. The predicted molar refractivity (Wildman–Crippen MR) is 74.5 cm³/mol. The maximum absolute atomic E-state index is 12.5. The summed E-state index contributed by atoms with van der Waals surface area (Å²) in [7, 11) is -3.58. The summed E-state index contributed by atoms with van der Waals surface area (Å²) < 4.78 is 26.2. The van der Waals surface area contributed by atoms with Crippen molar-refractivity contribution >= 4 is 10.0 Å². The van der Waals surface area contributed by atoms with Gasteiger partial charge < -0.3 is 5.11 Å². The third kappa shape index (κ3) is 2.57. The molecule has 0 saturated carbocycles. The molecule has 0 unspecified atom stereocenters. The molecular formula is C14H18N2O3S. The zero-order valence-electron chi connectivity index (χ0n) is 11.6. The second-order valence-electron chi connectivity index (χ2n) is 5.34. The van der Waals surface area contributed by atoms with Gasteiger partial charge in [0.05, 0.1) is 22.1 Å². The van der Waals surface area contributed by atoms with Crippen LogP contribution < -0.4 is 0 Å². The fourth-order valence-electron chi connectivity index (χ4n) is 2.55. The van der Waals surface area contributed by atoms with E-state index in [-0.39, 0.29) is 18.0 Å². The monoisotopic (exact) mass is 294 g/mol. The summed E-state index contributed by atoms with van der Waals surface area (Å²) in [6.45, 7) is 3.91. The molecule has 1 aliphatic rings. The standard InChI is InChI=1S/C14H18N2O3S/c1-3-6-14(17)9-16(10-14)20(18,19)13-5-4-12(8-15)7-11(13)2/h4-5,7,17H,3,6,9-10H2,1-2H3. The van der Waals surface area contributed by atoms with Crippen molar-refractivity contribution in [1.29, 1.82) is 5.26 Å². The van der Waals surface area contributed by atoms with Crippen molar-refractivity contribution in [1.82, 2.24) is 4.31 Å². The Hall–Kier alpha value is -1.42. The van der Waals surface area contributed by atoms with E-state index in [2.05, 4.69) is 0 Å². The van der Waals surface area contributed by atoms with E-state index in [1.807, 2.05) is 13.0 Å². The smallest absolute Gasteiger partial charge is 0.243 e. The molecule has 0 aromatic heterocycles. The van der Waals surface area contributed by atoms with Gasteiger partial charge in [-0.2, -0.15) is 9.57 Å². The first-order chi connectivity index (χ1) is 9.32. The first kappa shape index (κ1) is 15.0. The van der Waals surface area contributed by atoms with E-state index in [0.29, 0.717) is 17.5 Å². The molecule has 1 aromatic rings. The highest BCUT2D eigenvalue weighted by atomic mass is 32.2. The summed E-state index contributed by atoms with van der Waals surface area (Å²) >= 11 is 0. The van der Waals surface area contributed by atoms with Gasteiger partial charge in [0.25, 0.3) is 0 Å². The summed E-state index contributed by atoms with van der Waals surface area (Å²) in [6, 6.07) is 6.50. The Morgan fingerprint density at radius 2 is 2.10 bits per heavy atom. The third-order valence-electron chi connectivity index (χ3n) is 3.58. The molecule has 1 fully saturated rings. The average Bonchev–Trinajstić information content (AvgIpc) is 2.35. The van der Waals surface area contributed by atoms with Gasteiger partial charge in [0.1, 0.15) is 0 Å². The molecule has 1 saturated heterocycles. The van der Waals surface area contributed by atoms with Crippen LogP contribution in [0.1, 0.15) is 30.9 Å². The van der Waals surface area contributed by atoms with Gasteiger partial charge in [-0.25, -0.2) is 8.42 Å². The molecular weight excluding hydrogens is 276 g/mol. The zero-order chi connectivity index (χ0) is 15.0. The van der Waals surface area contributed by atoms with Crippen molar-refractivity contribution in [2.24, 2.45) is 0 Å². The van der Waals surface area contributed by atoms with Crippen molar-refractivity contribution in [2.45, 2.75) is 37.2 Å². The lowest BCUT2D eigenvalue weighted by Crippen LogP contribution is -2.63. The van der Waals surface area contributed by atoms with Crippen LogP contribution in [0.15, 0.2) is 23.1 Å². The first-order valence-electron chi connectivity index (χ1n) is 6.56. The van der Waals surface area contributed by atoms with Crippen LogP contribution in [0, 0.1) is 18.3 Å². The number of nitrogens with zero attached hydrogens (tertiary/aromatic N) is 2. The molecule has 0 amide bonds. The van der Waals surface area contributed by atoms with Crippen LogP contribution in [-0.2, 0) is 10.0 Å². The van der Waals surface area contributed by atoms with Crippen LogP contribution in [0.3, 0.4) is 0 Å². The first-order valence-corrected chi connectivity index (χ1v) is 8.00. The lowest BCUT2D eigenvalue weighted by Gasteiger charge is -2.45. The molecule has 0 atom stereocenters. The van der Waals surface area contributed by atoms with Crippen LogP contribution in [0.25, 0.3) is 0 Å². The molecule has 1 N–H and O–H groups in total. The van der Waals surface area contributed by atoms with E-state index in [9.17, 15) is 13.5 Å². The Morgan fingerprint density at radius 3 is 2.60 bits per heavy atom. The predicted octanol–water partition coefficient (Wildman–Crippen LogP) is 1.40. The Balaban J connectivity index is 2.23. The lowest BCUT2D eigenvalue weighted by atomic mass is 9.92. The normalized spacial score (nSPS) is 18.3. The average molecular weight is 294 g/mol. The molecule has 20 heavy (non-hydrogen) atoms. The van der Waals surface area contributed by atoms with Crippen molar-refractivity contribution in [3.8, 4) is 6.07 Å². The summed E-state index contributed by atoms with van der Waals surface area (Å²) in [5.74, 6) is 0. The number of aliphatic hydroxyl groups is 1. The molecule has 0 aliphatic carbocycles. The Kier molecular flexibility index (Phi) is 3.87. The van der Waals surface area contributed by atoms with Gasteiger partial charge in [0, 0.05) is 13.1 Å². The van der Waals surface area contributed by atoms with Gasteiger partial charge in [0.15, 0.2) is 0 Å². The molecule has 6 heteroatoms. The number of hydrogen-bond donors (Lipinski definition) is 1. The zero-order valence-corrected chi connectivity index (χ0v) is 12.4. The van der Waals surface area contributed by atoms with Crippen LogP contribution in [0.2, 0.25) is 0 Å². The van der Waals surface area contributed by atoms with E-state index in [1.165, 1.54) is 16.4 Å². The third-order valence-corrected chi connectivity index (χ3v) is 5.53. The minimum absolute atomic E-state index is 0.141. The molecule has 108 valence electrons. The van der Waals surface area contributed by atoms with Gasteiger partial charge >= 0.3 is 0 Å². The number of aryl methyl sites for hydroxylation is 1. The van der Waals surface area contributed by atoms with Crippen molar-refractivity contribution < 1.29 is 13.5 Å². The molecule has 0 bridgehead atoms. The van der Waals surface area contributed by atoms with Crippen LogP contribution >= 0.6 is 0 Å². The van der Waals surface area contributed by atoms with Gasteiger partial charge in [-0.1, -0.05) is 13.3 Å². The Morgan fingerprint density at radius 1 is 1.45 bits per heavy atom. The molecule has 5 nitrogen and oxygen atoms in total. The quantitative estimate of drug-likeness (QED) is 0.910. The molecule has 0 spiro atoms. The largest absolute Gasteiger partial charge is 0.387 e. The maximum atomic E-state index is 12.5. The molecule has 2 rings (SSSR count). The maximum Gasteiger partial charge on any atom is 0.243 e. The second kappa shape index (κ2) is 5.17. The Bertz CT molecular complexity index is 655. The van der Waals surface area contributed by atoms with Crippen molar-refractivity contribution in [3.63, 3.8) is 0 Å². The fraction of sp³-hybridized carbons (Fsp3) is 0.500. The van der Waals surface area contributed by atoms with Crippen molar-refractivity contribution in [2.75, 3.05) is 13.1 Å². The number of nitriles is 1. The van der Waals surface area contributed by atoms with Crippen LogP contribution in [0.4, 0.5) is 0 Å². The summed E-state index contributed by atoms with van der Waals surface area (Å²) in [5.41, 5.74) is 0.102. The number of rotatable bonds is 4. The van der Waals surface area contributed by atoms with E-state index >= 15 is 0 Å². The van der Waals surface area contributed by atoms with Crippen LogP contribution in [-0.4, -0.2) is 36.5 Å². The number of benzene rings is 1. The number of sulfonamides is 1. The topological polar surface area (TPSA) is 81.4 Å². The summed E-state index contributed by atoms with van der Waals surface area (Å²) in [6.07, 6.45) is 1.42. The van der Waals surface area contributed by atoms with E-state index in [1.54, 1.807) is 13.0 Å². The van der Waals surface area contributed by atoms with Gasteiger partial charge in [-0.15, -0.1) is 0 Å². The molecule has 1 heterocycles. The molecule has 0 radical (unpaired) electrons. The van der Waals surface area contributed by atoms with Gasteiger partial charge in [0.2, 0.25) is 10.0 Å². The van der Waals surface area contributed by atoms with Gasteiger partial charge in [-0.3, -0.25) is 0 Å². The highest BCUT2D eigenvalue weighted by Gasteiger charge is 2.46.